The van der Waals surface area contributed by atoms with Crippen molar-refractivity contribution in [2.24, 2.45) is 5.41 Å². The number of aromatic amines is 1. The minimum Gasteiger partial charge on any atom is -0.379 e. The van der Waals surface area contributed by atoms with E-state index in [4.69, 9.17) is 4.74 Å². The molecule has 0 saturated carbocycles. The van der Waals surface area contributed by atoms with Crippen molar-refractivity contribution in [2.45, 2.75) is 58.7 Å². The van der Waals surface area contributed by atoms with E-state index in [0.29, 0.717) is 37.4 Å². The second-order valence-electron chi connectivity index (χ2n) is 11.3. The number of ether oxygens (including phenoxy) is 1. The molecular weight excluding hydrogens is 464 g/mol. The van der Waals surface area contributed by atoms with Gasteiger partial charge in [-0.2, -0.15) is 5.10 Å². The highest BCUT2D eigenvalue weighted by atomic mass is 16.5. The van der Waals surface area contributed by atoms with E-state index in [1.54, 1.807) is 0 Å². The number of fused-ring (bicyclic) bond motifs is 1. The standard InChI is InChI=1S/C30H36N4O3/c1-30(2)11-9-26-27(15-30)32-33-28(26)21-7-8-23(18-35)24(14-21)17-34(3)16-20-5-4-6-22(13-20)29(36)31-25-10-12-37-19-25/h4-8,13-14,18,25H,9-12,15-17,19H2,1-3H3,(H,31,36)(H,32,33). The van der Waals surface area contributed by atoms with E-state index >= 15 is 0 Å². The molecule has 194 valence electrons. The van der Waals surface area contributed by atoms with Crippen LogP contribution < -0.4 is 5.32 Å². The Labute approximate surface area is 218 Å². The van der Waals surface area contributed by atoms with Gasteiger partial charge in [0, 0.05) is 47.6 Å². The Balaban J connectivity index is 1.30. The predicted molar refractivity (Wildman–Crippen MR) is 144 cm³/mol. The average molecular weight is 501 g/mol. The van der Waals surface area contributed by atoms with Gasteiger partial charge >= 0.3 is 0 Å². The van der Waals surface area contributed by atoms with Crippen molar-refractivity contribution < 1.29 is 14.3 Å². The van der Waals surface area contributed by atoms with Crippen LogP contribution in [0.2, 0.25) is 0 Å². The van der Waals surface area contributed by atoms with Gasteiger partial charge in [-0.1, -0.05) is 38.1 Å². The largest absolute Gasteiger partial charge is 0.379 e. The fourth-order valence-corrected chi connectivity index (χ4v) is 5.48. The van der Waals surface area contributed by atoms with Crippen molar-refractivity contribution >= 4 is 12.2 Å². The normalized spacial score (nSPS) is 18.5. The number of aldehydes is 1. The van der Waals surface area contributed by atoms with Crippen LogP contribution in [0.15, 0.2) is 42.5 Å². The summed E-state index contributed by atoms with van der Waals surface area (Å²) in [6.07, 6.45) is 4.93. The van der Waals surface area contributed by atoms with Gasteiger partial charge in [-0.05, 0) is 67.5 Å². The maximum atomic E-state index is 12.7. The number of hydrogen-bond donors (Lipinski definition) is 2. The SMILES string of the molecule is CN(Cc1cccc(C(=O)NC2CCOC2)c1)Cc1cc(-c2n[nH]c3c2CCC(C)(C)C3)ccc1C=O. The highest BCUT2D eigenvalue weighted by molar-refractivity contribution is 5.94. The summed E-state index contributed by atoms with van der Waals surface area (Å²) in [7, 11) is 2.03. The van der Waals surface area contributed by atoms with Crippen molar-refractivity contribution in [3.63, 3.8) is 0 Å². The number of carbonyl (C=O) groups is 2. The van der Waals surface area contributed by atoms with Crippen LogP contribution in [-0.2, 0) is 30.7 Å². The molecule has 0 radical (unpaired) electrons. The average Bonchev–Trinajstić information content (AvgIpc) is 3.53. The molecule has 3 aromatic rings. The third-order valence-corrected chi connectivity index (χ3v) is 7.55. The smallest absolute Gasteiger partial charge is 0.251 e. The van der Waals surface area contributed by atoms with Crippen molar-refractivity contribution in [3.8, 4) is 11.3 Å². The second-order valence-corrected chi connectivity index (χ2v) is 11.3. The Morgan fingerprint density at radius 2 is 2.11 bits per heavy atom. The number of H-pyrrole nitrogens is 1. The molecule has 1 aromatic heterocycles. The highest BCUT2D eigenvalue weighted by Crippen LogP contribution is 2.38. The van der Waals surface area contributed by atoms with Crippen molar-refractivity contribution in [2.75, 3.05) is 20.3 Å². The number of aromatic nitrogens is 2. The summed E-state index contributed by atoms with van der Waals surface area (Å²) in [6, 6.07) is 13.8. The van der Waals surface area contributed by atoms with Crippen LogP contribution >= 0.6 is 0 Å². The van der Waals surface area contributed by atoms with Crippen molar-refractivity contribution in [1.29, 1.82) is 0 Å². The Kier molecular flexibility index (Phi) is 7.26. The fraction of sp³-hybridized carbons (Fsp3) is 0.433. The Morgan fingerprint density at radius 3 is 2.89 bits per heavy atom. The van der Waals surface area contributed by atoms with Gasteiger partial charge < -0.3 is 10.1 Å². The first-order valence-corrected chi connectivity index (χ1v) is 13.1. The van der Waals surface area contributed by atoms with Gasteiger partial charge in [0.25, 0.3) is 5.91 Å². The molecule has 1 atom stereocenters. The van der Waals surface area contributed by atoms with E-state index in [2.05, 4.69) is 40.3 Å². The Morgan fingerprint density at radius 1 is 1.24 bits per heavy atom. The van der Waals surface area contributed by atoms with Crippen LogP contribution in [0.3, 0.4) is 0 Å². The summed E-state index contributed by atoms with van der Waals surface area (Å²) >= 11 is 0. The van der Waals surface area contributed by atoms with Gasteiger partial charge in [0.1, 0.15) is 6.29 Å². The van der Waals surface area contributed by atoms with E-state index in [1.807, 2.05) is 43.4 Å². The molecule has 2 aliphatic rings. The maximum Gasteiger partial charge on any atom is 0.251 e. The highest BCUT2D eigenvalue weighted by Gasteiger charge is 2.29. The minimum absolute atomic E-state index is 0.0679. The molecule has 2 aromatic carbocycles. The minimum atomic E-state index is -0.0679. The zero-order chi connectivity index (χ0) is 26.0. The monoisotopic (exact) mass is 500 g/mol. The third-order valence-electron chi connectivity index (χ3n) is 7.55. The van der Waals surface area contributed by atoms with Crippen LogP contribution in [0, 0.1) is 5.41 Å². The molecule has 1 unspecified atom stereocenters. The van der Waals surface area contributed by atoms with E-state index < -0.39 is 0 Å². The molecule has 1 fully saturated rings. The van der Waals surface area contributed by atoms with Gasteiger partial charge in [-0.3, -0.25) is 19.6 Å². The van der Waals surface area contributed by atoms with Crippen molar-refractivity contribution in [3.05, 3.63) is 76.0 Å². The number of carbonyl (C=O) groups excluding carboxylic acids is 2. The van der Waals surface area contributed by atoms with Crippen LogP contribution in [0.5, 0.6) is 0 Å². The Hall–Kier alpha value is -3.29. The molecule has 37 heavy (non-hydrogen) atoms. The lowest BCUT2D eigenvalue weighted by atomic mass is 9.76. The summed E-state index contributed by atoms with van der Waals surface area (Å²) in [4.78, 5) is 26.7. The molecule has 0 spiro atoms. The van der Waals surface area contributed by atoms with E-state index in [9.17, 15) is 9.59 Å². The van der Waals surface area contributed by atoms with Crippen LogP contribution in [0.25, 0.3) is 11.3 Å². The Bertz CT molecular complexity index is 1290. The van der Waals surface area contributed by atoms with Gasteiger partial charge in [-0.15, -0.1) is 0 Å². The molecule has 0 bridgehead atoms. The quantitative estimate of drug-likeness (QED) is 0.443. The number of nitrogens with zero attached hydrogens (tertiary/aromatic N) is 2. The number of nitrogens with one attached hydrogen (secondary N) is 2. The van der Waals surface area contributed by atoms with Crippen LogP contribution in [0.4, 0.5) is 0 Å². The lowest BCUT2D eigenvalue weighted by molar-refractivity contribution is 0.0929. The summed E-state index contributed by atoms with van der Waals surface area (Å²) in [5, 5.41) is 11.0. The first-order valence-electron chi connectivity index (χ1n) is 13.1. The maximum absolute atomic E-state index is 12.7. The summed E-state index contributed by atoms with van der Waals surface area (Å²) in [6.45, 7) is 7.14. The first kappa shape index (κ1) is 25.4. The molecule has 2 heterocycles. The zero-order valence-corrected chi connectivity index (χ0v) is 22.0. The molecule has 1 aliphatic carbocycles. The lowest BCUT2D eigenvalue weighted by Gasteiger charge is -2.29. The molecule has 2 N–H and O–H groups in total. The van der Waals surface area contributed by atoms with E-state index in [1.165, 1.54) is 11.3 Å². The predicted octanol–water partition coefficient (Wildman–Crippen LogP) is 4.55. The van der Waals surface area contributed by atoms with E-state index in [-0.39, 0.29) is 17.4 Å². The van der Waals surface area contributed by atoms with E-state index in [0.717, 1.165) is 54.4 Å². The van der Waals surface area contributed by atoms with Crippen molar-refractivity contribution in [1.82, 2.24) is 20.4 Å². The van der Waals surface area contributed by atoms with Gasteiger partial charge in [0.2, 0.25) is 0 Å². The molecule has 7 nitrogen and oxygen atoms in total. The molecule has 1 aliphatic heterocycles. The number of benzene rings is 2. The second kappa shape index (κ2) is 10.6. The third kappa shape index (κ3) is 5.84. The summed E-state index contributed by atoms with van der Waals surface area (Å²) < 4.78 is 5.36. The number of rotatable bonds is 8. The van der Waals surface area contributed by atoms with Gasteiger partial charge in [0.15, 0.2) is 0 Å². The molecule has 7 heteroatoms. The number of amides is 1. The van der Waals surface area contributed by atoms with Gasteiger partial charge in [0.05, 0.1) is 18.3 Å². The molecule has 1 amide bonds. The lowest BCUT2D eigenvalue weighted by Crippen LogP contribution is -2.35. The topological polar surface area (TPSA) is 87.3 Å². The molecular formula is C30H36N4O3. The molecule has 5 rings (SSSR count). The molecule has 1 saturated heterocycles. The van der Waals surface area contributed by atoms with Crippen LogP contribution in [-0.4, -0.2) is 53.6 Å². The van der Waals surface area contributed by atoms with Gasteiger partial charge in [-0.25, -0.2) is 0 Å². The van der Waals surface area contributed by atoms with Crippen LogP contribution in [0.1, 0.15) is 69.8 Å². The fourth-order valence-electron chi connectivity index (χ4n) is 5.48. The summed E-state index contributed by atoms with van der Waals surface area (Å²) in [5.41, 5.74) is 8.22. The first-order chi connectivity index (χ1) is 17.8. The summed E-state index contributed by atoms with van der Waals surface area (Å²) in [5.74, 6) is -0.0679. The zero-order valence-electron chi connectivity index (χ0n) is 22.0. The number of hydrogen-bond acceptors (Lipinski definition) is 5.